The number of hydrogen-bond acceptors (Lipinski definition) is 0. The van der Waals surface area contributed by atoms with Crippen molar-refractivity contribution in [2.75, 3.05) is 0 Å². The minimum Gasteiger partial charge on any atom is -0.121 e. The van der Waals surface area contributed by atoms with E-state index in [1.165, 1.54) is 11.1 Å². The number of fused-ring (bicyclic) bond motifs is 1. The van der Waals surface area contributed by atoms with Gasteiger partial charge in [0.25, 0.3) is 0 Å². The van der Waals surface area contributed by atoms with Gasteiger partial charge in [0.15, 0.2) is 0 Å². The molecule has 0 amide bonds. The van der Waals surface area contributed by atoms with Gasteiger partial charge in [-0.15, -0.1) is 23.2 Å². The second-order valence-corrected chi connectivity index (χ2v) is 4.33. The van der Waals surface area contributed by atoms with E-state index in [9.17, 15) is 0 Å². The van der Waals surface area contributed by atoms with Crippen LogP contribution in [0.5, 0.6) is 0 Å². The van der Waals surface area contributed by atoms with Crippen LogP contribution in [-0.4, -0.2) is 10.8 Å². The number of rotatable bonds is 0. The molecule has 1 aromatic carbocycles. The number of alkyl halides is 2. The monoisotopic (exact) mass is 200 g/mol. The molecule has 2 rings (SSSR count). The maximum absolute atomic E-state index is 6.06. The summed E-state index contributed by atoms with van der Waals surface area (Å²) in [7, 11) is 0. The summed E-state index contributed by atoms with van der Waals surface area (Å²) in [5, 5.41) is 0.197. The summed E-state index contributed by atoms with van der Waals surface area (Å²) in [6, 6.07) is 8.37. The topological polar surface area (TPSA) is 0 Å². The van der Waals surface area contributed by atoms with Gasteiger partial charge in [0.1, 0.15) is 0 Å². The van der Waals surface area contributed by atoms with Crippen molar-refractivity contribution in [3.05, 3.63) is 35.4 Å². The summed E-state index contributed by atoms with van der Waals surface area (Å²) in [4.78, 5) is 0. The van der Waals surface area contributed by atoms with E-state index in [4.69, 9.17) is 23.2 Å². The molecule has 0 radical (unpaired) electrons. The predicted octanol–water partition coefficient (Wildman–Crippen LogP) is 3.00. The van der Waals surface area contributed by atoms with E-state index in [0.717, 1.165) is 12.8 Å². The first kappa shape index (κ1) is 8.40. The van der Waals surface area contributed by atoms with Gasteiger partial charge in [0.2, 0.25) is 0 Å². The molecule has 1 aromatic rings. The lowest BCUT2D eigenvalue weighted by Crippen LogP contribution is -2.26. The molecule has 0 heterocycles. The Kier molecular flexibility index (Phi) is 2.29. The van der Waals surface area contributed by atoms with Crippen LogP contribution < -0.4 is 0 Å². The Morgan fingerprint density at radius 1 is 0.917 bits per heavy atom. The third-order valence-electron chi connectivity index (χ3n) is 2.34. The zero-order valence-corrected chi connectivity index (χ0v) is 8.15. The Balaban J connectivity index is 2.34. The van der Waals surface area contributed by atoms with Crippen molar-refractivity contribution in [3.63, 3.8) is 0 Å². The first-order valence-electron chi connectivity index (χ1n) is 4.12. The lowest BCUT2D eigenvalue weighted by Gasteiger charge is -2.24. The second-order valence-electron chi connectivity index (χ2n) is 3.21. The molecule has 0 aliphatic heterocycles. The van der Waals surface area contributed by atoms with E-state index in [0.29, 0.717) is 0 Å². The molecule has 0 N–H and O–H groups in total. The van der Waals surface area contributed by atoms with Crippen molar-refractivity contribution < 1.29 is 0 Å². The molecule has 0 saturated heterocycles. The highest BCUT2D eigenvalue weighted by molar-refractivity contribution is 6.30. The molecule has 0 fully saturated rings. The molecule has 0 spiro atoms. The largest absolute Gasteiger partial charge is 0.121 e. The number of halogens is 2. The first-order valence-corrected chi connectivity index (χ1v) is 4.99. The first-order chi connectivity index (χ1) is 5.77. The van der Waals surface area contributed by atoms with Crippen LogP contribution in [0.15, 0.2) is 24.3 Å². The van der Waals surface area contributed by atoms with Crippen molar-refractivity contribution in [2.45, 2.75) is 23.6 Å². The summed E-state index contributed by atoms with van der Waals surface area (Å²) in [6.07, 6.45) is 1.82. The van der Waals surface area contributed by atoms with E-state index in [-0.39, 0.29) is 10.8 Å². The minimum atomic E-state index is 0.0987. The molecule has 0 unspecified atom stereocenters. The summed E-state index contributed by atoms with van der Waals surface area (Å²) in [6.45, 7) is 0. The van der Waals surface area contributed by atoms with Crippen molar-refractivity contribution in [1.29, 1.82) is 0 Å². The van der Waals surface area contributed by atoms with E-state index in [1.807, 2.05) is 0 Å². The van der Waals surface area contributed by atoms with Gasteiger partial charge in [-0.05, 0) is 24.0 Å². The molecule has 0 aromatic heterocycles. The van der Waals surface area contributed by atoms with E-state index >= 15 is 0 Å². The third kappa shape index (κ3) is 1.46. The second kappa shape index (κ2) is 3.27. The van der Waals surface area contributed by atoms with Gasteiger partial charge in [-0.1, -0.05) is 24.3 Å². The summed E-state index contributed by atoms with van der Waals surface area (Å²) in [5.74, 6) is 0. The molecule has 2 heteroatoms. The SMILES string of the molecule is Cl[C@@H]1Cc2ccccc2C[C@H]1Cl. The zero-order valence-electron chi connectivity index (χ0n) is 6.63. The smallest absolute Gasteiger partial charge is 0.0543 e. The van der Waals surface area contributed by atoms with E-state index in [1.54, 1.807) is 0 Å². The van der Waals surface area contributed by atoms with Gasteiger partial charge >= 0.3 is 0 Å². The highest BCUT2D eigenvalue weighted by atomic mass is 35.5. The zero-order chi connectivity index (χ0) is 8.55. The van der Waals surface area contributed by atoms with Crippen LogP contribution in [0.2, 0.25) is 0 Å². The lowest BCUT2D eigenvalue weighted by molar-refractivity contribution is 0.703. The Morgan fingerprint density at radius 3 is 1.75 bits per heavy atom. The summed E-state index contributed by atoms with van der Waals surface area (Å²) < 4.78 is 0. The standard InChI is InChI=1S/C10H10Cl2/c11-9-5-7-3-1-2-4-8(7)6-10(9)12/h1-4,9-10H,5-6H2/t9-,10-/m1/s1. The maximum Gasteiger partial charge on any atom is 0.0543 e. The quantitative estimate of drug-likeness (QED) is 0.566. The van der Waals surface area contributed by atoms with Gasteiger partial charge in [-0.25, -0.2) is 0 Å². The Labute approximate surface area is 82.5 Å². The molecule has 12 heavy (non-hydrogen) atoms. The van der Waals surface area contributed by atoms with Crippen LogP contribution in [0.1, 0.15) is 11.1 Å². The minimum absolute atomic E-state index is 0.0987. The molecular weight excluding hydrogens is 191 g/mol. The molecule has 1 aliphatic rings. The highest BCUT2D eigenvalue weighted by Gasteiger charge is 2.24. The van der Waals surface area contributed by atoms with E-state index in [2.05, 4.69) is 24.3 Å². The molecule has 1 aliphatic carbocycles. The maximum atomic E-state index is 6.06. The summed E-state index contributed by atoms with van der Waals surface area (Å²) >= 11 is 12.1. The molecule has 0 nitrogen and oxygen atoms in total. The van der Waals surface area contributed by atoms with Gasteiger partial charge in [-0.2, -0.15) is 0 Å². The number of benzene rings is 1. The molecular formula is C10H10Cl2. The van der Waals surface area contributed by atoms with E-state index < -0.39 is 0 Å². The average Bonchev–Trinajstić information content (AvgIpc) is 2.07. The number of hydrogen-bond donors (Lipinski definition) is 0. The Hall–Kier alpha value is -0.200. The average molecular weight is 201 g/mol. The fourth-order valence-electron chi connectivity index (χ4n) is 1.63. The molecule has 0 saturated carbocycles. The summed E-state index contributed by atoms with van der Waals surface area (Å²) in [5.41, 5.74) is 2.71. The molecule has 0 bridgehead atoms. The van der Waals surface area contributed by atoms with Crippen LogP contribution in [0.3, 0.4) is 0 Å². The van der Waals surface area contributed by atoms with Crippen LogP contribution in [0.25, 0.3) is 0 Å². The van der Waals surface area contributed by atoms with Gasteiger partial charge in [0.05, 0.1) is 10.8 Å². The lowest BCUT2D eigenvalue weighted by atomic mass is 9.91. The van der Waals surface area contributed by atoms with Gasteiger partial charge in [-0.3, -0.25) is 0 Å². The van der Waals surface area contributed by atoms with Crippen LogP contribution in [0.4, 0.5) is 0 Å². The third-order valence-corrected chi connectivity index (χ3v) is 3.39. The van der Waals surface area contributed by atoms with Crippen molar-refractivity contribution in [2.24, 2.45) is 0 Å². The normalized spacial score (nSPS) is 28.2. The van der Waals surface area contributed by atoms with Crippen LogP contribution in [-0.2, 0) is 12.8 Å². The van der Waals surface area contributed by atoms with Crippen molar-refractivity contribution in [1.82, 2.24) is 0 Å². The van der Waals surface area contributed by atoms with Crippen molar-refractivity contribution >= 4 is 23.2 Å². The molecule has 2 atom stereocenters. The van der Waals surface area contributed by atoms with Crippen LogP contribution in [0, 0.1) is 0 Å². The highest BCUT2D eigenvalue weighted by Crippen LogP contribution is 2.27. The Morgan fingerprint density at radius 2 is 1.33 bits per heavy atom. The van der Waals surface area contributed by atoms with Crippen molar-refractivity contribution in [3.8, 4) is 0 Å². The fourth-order valence-corrected chi connectivity index (χ4v) is 2.14. The van der Waals surface area contributed by atoms with Gasteiger partial charge in [0, 0.05) is 0 Å². The van der Waals surface area contributed by atoms with Gasteiger partial charge < -0.3 is 0 Å². The fraction of sp³-hybridized carbons (Fsp3) is 0.400. The molecule has 64 valence electrons. The van der Waals surface area contributed by atoms with Crippen LogP contribution >= 0.6 is 23.2 Å². The predicted molar refractivity (Wildman–Crippen MR) is 53.1 cm³/mol. The Bertz CT molecular complexity index is 254.